The molecule has 143 valence electrons. The van der Waals surface area contributed by atoms with Gasteiger partial charge < -0.3 is 0 Å². The summed E-state index contributed by atoms with van der Waals surface area (Å²) >= 11 is 0. The summed E-state index contributed by atoms with van der Waals surface area (Å²) in [6.07, 6.45) is 29.4. The molecule has 1 aliphatic rings. The maximum Gasteiger partial charge on any atom is 0.0930 e. The summed E-state index contributed by atoms with van der Waals surface area (Å²) in [5.41, 5.74) is 0. The van der Waals surface area contributed by atoms with Gasteiger partial charge in [-0.05, 0) is 12.8 Å². The Kier molecular flexibility index (Phi) is 16.3. The average molecular weight is 338 g/mol. The van der Waals surface area contributed by atoms with Gasteiger partial charge in [-0.15, -0.1) is 0 Å². The van der Waals surface area contributed by atoms with Crippen molar-refractivity contribution >= 4 is 0 Å². The van der Waals surface area contributed by atoms with Crippen LogP contribution in [0, 0.1) is 0 Å². The summed E-state index contributed by atoms with van der Waals surface area (Å²) < 4.78 is 0. The highest BCUT2D eigenvalue weighted by molar-refractivity contribution is 4.58. The summed E-state index contributed by atoms with van der Waals surface area (Å²) in [6.45, 7) is 0. The summed E-state index contributed by atoms with van der Waals surface area (Å²) in [6, 6.07) is 0. The van der Waals surface area contributed by atoms with Gasteiger partial charge in [0.05, 0.1) is 6.10 Å². The van der Waals surface area contributed by atoms with Crippen molar-refractivity contribution in [1.82, 2.24) is 0 Å². The summed E-state index contributed by atoms with van der Waals surface area (Å²) in [4.78, 5) is 0. The molecule has 0 aliphatic heterocycles. The maximum atomic E-state index is 11.9. The largest absolute Gasteiger partial charge is 0.233 e. The molecule has 0 aromatic carbocycles. The molecule has 1 nitrogen and oxygen atoms in total. The fourth-order valence-electron chi connectivity index (χ4n) is 4.07. The highest BCUT2D eigenvalue weighted by atomic mass is 16.3. The lowest BCUT2D eigenvalue weighted by molar-refractivity contribution is 0.0688. The predicted molar refractivity (Wildman–Crippen MR) is 106 cm³/mol. The van der Waals surface area contributed by atoms with Crippen LogP contribution in [0.1, 0.15) is 141 Å². The van der Waals surface area contributed by atoms with Crippen LogP contribution in [0.15, 0.2) is 0 Å². The van der Waals surface area contributed by atoms with Gasteiger partial charge >= 0.3 is 0 Å². The van der Waals surface area contributed by atoms with E-state index in [0.29, 0.717) is 0 Å². The molecule has 1 heteroatoms. The molecule has 0 heterocycles. The van der Waals surface area contributed by atoms with Gasteiger partial charge in [-0.25, -0.2) is 5.11 Å². The minimum absolute atomic E-state index is 0.272. The van der Waals surface area contributed by atoms with Crippen LogP contribution in [0.2, 0.25) is 0 Å². The predicted octanol–water partition coefficient (Wildman–Crippen LogP) is 8.38. The number of hydrogen-bond donors (Lipinski definition) is 0. The topological polar surface area (TPSA) is 19.9 Å². The third-order valence-corrected chi connectivity index (χ3v) is 5.80. The first-order valence-electron chi connectivity index (χ1n) is 11.6. The molecule has 0 aromatic heterocycles. The van der Waals surface area contributed by atoms with Gasteiger partial charge in [-0.1, -0.05) is 128 Å². The molecule has 0 N–H and O–H groups in total. The molecule has 1 radical (unpaired) electrons. The Labute approximate surface area is 153 Å². The smallest absolute Gasteiger partial charge is 0.0930 e. The van der Waals surface area contributed by atoms with Crippen molar-refractivity contribution in [3.63, 3.8) is 0 Å². The lowest BCUT2D eigenvalue weighted by Crippen LogP contribution is -2.04. The van der Waals surface area contributed by atoms with E-state index in [-0.39, 0.29) is 6.10 Å². The van der Waals surface area contributed by atoms with Crippen LogP contribution in [0.3, 0.4) is 0 Å². The average Bonchev–Trinajstić information content (AvgIpc) is 2.58. The molecule has 1 saturated carbocycles. The fourth-order valence-corrected chi connectivity index (χ4v) is 4.07. The molecule has 1 aliphatic carbocycles. The molecule has 0 saturated heterocycles. The van der Waals surface area contributed by atoms with E-state index in [1.807, 2.05) is 0 Å². The van der Waals surface area contributed by atoms with E-state index in [1.165, 1.54) is 128 Å². The van der Waals surface area contributed by atoms with E-state index >= 15 is 0 Å². The molecule has 0 aromatic rings. The Bertz CT molecular complexity index is 214. The third kappa shape index (κ3) is 15.5. The van der Waals surface area contributed by atoms with Gasteiger partial charge in [0, 0.05) is 0 Å². The van der Waals surface area contributed by atoms with Crippen LogP contribution < -0.4 is 0 Å². The van der Waals surface area contributed by atoms with E-state index in [9.17, 15) is 5.11 Å². The molecule has 0 amide bonds. The SMILES string of the molecule is [O]C1CCCCCCCCCCCCCCCCCCCCCC1. The summed E-state index contributed by atoms with van der Waals surface area (Å²) in [7, 11) is 0. The quantitative estimate of drug-likeness (QED) is 0.423. The first-order chi connectivity index (χ1) is 11.9. The summed E-state index contributed by atoms with van der Waals surface area (Å²) in [5, 5.41) is 11.9. The van der Waals surface area contributed by atoms with Gasteiger partial charge in [0.2, 0.25) is 0 Å². The van der Waals surface area contributed by atoms with E-state index < -0.39 is 0 Å². The molecule has 0 unspecified atom stereocenters. The van der Waals surface area contributed by atoms with Crippen LogP contribution >= 0.6 is 0 Å². The normalized spacial score (nSPS) is 24.4. The van der Waals surface area contributed by atoms with Gasteiger partial charge in [0.1, 0.15) is 0 Å². The van der Waals surface area contributed by atoms with Gasteiger partial charge in [-0.3, -0.25) is 0 Å². The zero-order valence-corrected chi connectivity index (χ0v) is 16.5. The second kappa shape index (κ2) is 17.8. The van der Waals surface area contributed by atoms with Crippen molar-refractivity contribution in [2.75, 3.05) is 0 Å². The Hall–Kier alpha value is -0.0400. The molecule has 0 spiro atoms. The van der Waals surface area contributed by atoms with Crippen molar-refractivity contribution in [1.29, 1.82) is 0 Å². The zero-order chi connectivity index (χ0) is 17.1. The highest BCUT2D eigenvalue weighted by Gasteiger charge is 2.05. The standard InChI is InChI=1S/C23H45O/c24-23-21-19-17-15-13-11-9-7-5-3-1-2-4-6-8-10-12-14-16-18-20-22-23/h23H,1-22H2. The van der Waals surface area contributed by atoms with Crippen molar-refractivity contribution < 1.29 is 5.11 Å². The van der Waals surface area contributed by atoms with Crippen LogP contribution in [-0.2, 0) is 5.11 Å². The minimum Gasteiger partial charge on any atom is -0.233 e. The molecular formula is C23H45O. The van der Waals surface area contributed by atoms with Gasteiger partial charge in [-0.2, -0.15) is 0 Å². The summed E-state index contributed by atoms with van der Waals surface area (Å²) in [5.74, 6) is 0. The first kappa shape index (κ1) is 22.0. The molecule has 0 bridgehead atoms. The Morgan fingerprint density at radius 2 is 0.458 bits per heavy atom. The molecule has 0 atom stereocenters. The lowest BCUT2D eigenvalue weighted by atomic mass is 10.0. The second-order valence-corrected chi connectivity index (χ2v) is 8.27. The van der Waals surface area contributed by atoms with E-state index in [2.05, 4.69) is 0 Å². The van der Waals surface area contributed by atoms with Crippen molar-refractivity contribution in [2.45, 2.75) is 147 Å². The maximum absolute atomic E-state index is 11.9. The molecule has 1 rings (SSSR count). The lowest BCUT2D eigenvalue weighted by Gasteiger charge is -2.08. The van der Waals surface area contributed by atoms with E-state index in [4.69, 9.17) is 0 Å². The van der Waals surface area contributed by atoms with Crippen LogP contribution in [0.25, 0.3) is 0 Å². The highest BCUT2D eigenvalue weighted by Crippen LogP contribution is 2.17. The van der Waals surface area contributed by atoms with Gasteiger partial charge in [0.25, 0.3) is 0 Å². The van der Waals surface area contributed by atoms with Crippen LogP contribution in [-0.4, -0.2) is 6.10 Å². The minimum atomic E-state index is -0.272. The van der Waals surface area contributed by atoms with Crippen molar-refractivity contribution in [3.8, 4) is 0 Å². The van der Waals surface area contributed by atoms with Crippen LogP contribution in [0.4, 0.5) is 0 Å². The van der Waals surface area contributed by atoms with E-state index in [1.54, 1.807) is 0 Å². The number of hydrogen-bond acceptors (Lipinski definition) is 0. The Morgan fingerprint density at radius 1 is 0.292 bits per heavy atom. The Morgan fingerprint density at radius 3 is 0.667 bits per heavy atom. The van der Waals surface area contributed by atoms with Crippen molar-refractivity contribution in [3.05, 3.63) is 0 Å². The molecule has 1 fully saturated rings. The first-order valence-corrected chi connectivity index (χ1v) is 11.6. The molecule has 24 heavy (non-hydrogen) atoms. The van der Waals surface area contributed by atoms with Crippen LogP contribution in [0.5, 0.6) is 0 Å². The monoisotopic (exact) mass is 337 g/mol. The molecular weight excluding hydrogens is 292 g/mol. The van der Waals surface area contributed by atoms with E-state index in [0.717, 1.165) is 12.8 Å². The van der Waals surface area contributed by atoms with Gasteiger partial charge in [0.15, 0.2) is 0 Å². The Balaban J connectivity index is 2.07. The fraction of sp³-hybridized carbons (Fsp3) is 1.00. The second-order valence-electron chi connectivity index (χ2n) is 8.27. The van der Waals surface area contributed by atoms with Crippen molar-refractivity contribution in [2.24, 2.45) is 0 Å². The number of rotatable bonds is 0. The third-order valence-electron chi connectivity index (χ3n) is 5.80. The zero-order valence-electron chi connectivity index (χ0n) is 16.5.